The lowest BCUT2D eigenvalue weighted by atomic mass is 10.2. The maximum Gasteiger partial charge on any atom is 0.471 e. The van der Waals surface area contributed by atoms with Crippen LogP contribution in [0.1, 0.15) is 65.5 Å². The SMILES string of the molecule is CC(C)(C)[Si](C)(C)OC[C@@H]1CC[C@H](n2cnc3c(NC(=O)NCCCCCCNC(=O)C(F)(F)F)ncnc32)O1. The number of halogens is 3. The molecular formula is C25H40F3N7O4Si. The number of rotatable bonds is 12. The van der Waals surface area contributed by atoms with Gasteiger partial charge in [0.25, 0.3) is 0 Å². The average Bonchev–Trinajstić information content (AvgIpc) is 3.50. The van der Waals surface area contributed by atoms with Crippen LogP contribution in [0.2, 0.25) is 18.1 Å². The van der Waals surface area contributed by atoms with Gasteiger partial charge in [0.15, 0.2) is 25.3 Å². The molecule has 40 heavy (non-hydrogen) atoms. The second-order valence-electron chi connectivity index (χ2n) is 11.5. The molecule has 2 atom stereocenters. The van der Waals surface area contributed by atoms with Gasteiger partial charge in [-0.1, -0.05) is 33.6 Å². The van der Waals surface area contributed by atoms with E-state index in [-0.39, 0.29) is 29.7 Å². The molecule has 1 aliphatic heterocycles. The highest BCUT2D eigenvalue weighted by molar-refractivity contribution is 6.74. The maximum atomic E-state index is 12.4. The molecule has 0 unspecified atom stereocenters. The van der Waals surface area contributed by atoms with Crippen LogP contribution in [0.5, 0.6) is 0 Å². The van der Waals surface area contributed by atoms with Crippen molar-refractivity contribution in [2.45, 2.75) is 95.9 Å². The van der Waals surface area contributed by atoms with E-state index in [4.69, 9.17) is 9.16 Å². The fraction of sp³-hybridized carbons (Fsp3) is 0.720. The van der Waals surface area contributed by atoms with Crippen molar-refractivity contribution in [2.75, 3.05) is 25.0 Å². The third-order valence-corrected chi connectivity index (χ3v) is 11.9. The quantitative estimate of drug-likeness (QED) is 0.238. The zero-order valence-electron chi connectivity index (χ0n) is 23.7. The Labute approximate surface area is 233 Å². The largest absolute Gasteiger partial charge is 0.471 e. The molecule has 1 fully saturated rings. The van der Waals surface area contributed by atoms with E-state index in [0.29, 0.717) is 50.0 Å². The topological polar surface area (TPSA) is 132 Å². The lowest BCUT2D eigenvalue weighted by Gasteiger charge is -2.36. The summed E-state index contributed by atoms with van der Waals surface area (Å²) in [6.45, 7) is 11.9. The minimum atomic E-state index is -4.86. The van der Waals surface area contributed by atoms with Crippen LogP contribution in [0.4, 0.5) is 23.8 Å². The van der Waals surface area contributed by atoms with Crippen LogP contribution in [0.3, 0.4) is 0 Å². The Morgan fingerprint density at radius 2 is 1.73 bits per heavy atom. The minimum absolute atomic E-state index is 0.0135. The zero-order chi connectivity index (χ0) is 29.6. The first-order valence-electron chi connectivity index (χ1n) is 13.6. The summed E-state index contributed by atoms with van der Waals surface area (Å²) in [5, 5.41) is 7.39. The number of hydrogen-bond donors (Lipinski definition) is 3. The third kappa shape index (κ3) is 8.61. The molecule has 3 rings (SSSR count). The number of aromatic nitrogens is 4. The van der Waals surface area contributed by atoms with E-state index in [0.717, 1.165) is 12.8 Å². The Hall–Kier alpha value is -2.78. The minimum Gasteiger partial charge on any atom is -0.414 e. The van der Waals surface area contributed by atoms with Crippen LogP contribution in [0.15, 0.2) is 12.7 Å². The molecule has 0 aromatic carbocycles. The fourth-order valence-electron chi connectivity index (χ4n) is 3.95. The van der Waals surface area contributed by atoms with E-state index in [2.05, 4.69) is 59.5 Å². The smallest absolute Gasteiger partial charge is 0.414 e. The van der Waals surface area contributed by atoms with Gasteiger partial charge in [0.2, 0.25) is 0 Å². The Morgan fingerprint density at radius 1 is 1.05 bits per heavy atom. The number of carbonyl (C=O) groups excluding carboxylic acids is 2. The number of alkyl halides is 3. The van der Waals surface area contributed by atoms with Crippen molar-refractivity contribution in [2.24, 2.45) is 0 Å². The monoisotopic (exact) mass is 587 g/mol. The number of nitrogens with zero attached hydrogens (tertiary/aromatic N) is 4. The molecule has 0 aliphatic carbocycles. The molecule has 11 nitrogen and oxygen atoms in total. The predicted molar refractivity (Wildman–Crippen MR) is 146 cm³/mol. The number of amides is 3. The highest BCUT2D eigenvalue weighted by atomic mass is 28.4. The van der Waals surface area contributed by atoms with E-state index in [1.54, 1.807) is 6.33 Å². The number of fused-ring (bicyclic) bond motifs is 1. The Balaban J connectivity index is 1.42. The van der Waals surface area contributed by atoms with Crippen LogP contribution < -0.4 is 16.0 Å². The van der Waals surface area contributed by atoms with Gasteiger partial charge in [-0.3, -0.25) is 14.7 Å². The van der Waals surface area contributed by atoms with Crippen LogP contribution >= 0.6 is 0 Å². The van der Waals surface area contributed by atoms with Crippen molar-refractivity contribution in [3.63, 3.8) is 0 Å². The highest BCUT2D eigenvalue weighted by Gasteiger charge is 2.39. The first-order chi connectivity index (χ1) is 18.7. The van der Waals surface area contributed by atoms with Crippen molar-refractivity contribution < 1.29 is 31.9 Å². The standard InChI is InChI=1S/C25H40F3N7O4Si/c1-24(2,3)40(4,5)38-14-17-10-11-18(39-17)35-16-33-19-20(31-15-32-21(19)35)34-23(37)30-13-9-7-6-8-12-29-22(36)25(26,27)28/h15-18H,6-14H2,1-5H3,(H,29,36)(H2,30,31,32,34,37)/t17-,18+/m0/s1. The first kappa shape index (κ1) is 31.7. The lowest BCUT2D eigenvalue weighted by molar-refractivity contribution is -0.173. The lowest BCUT2D eigenvalue weighted by Crippen LogP contribution is -2.42. The molecule has 1 aliphatic rings. The number of imidazole rings is 1. The summed E-state index contributed by atoms with van der Waals surface area (Å²) in [4.78, 5) is 36.1. The predicted octanol–water partition coefficient (Wildman–Crippen LogP) is 4.89. The van der Waals surface area contributed by atoms with Crippen molar-refractivity contribution in [1.82, 2.24) is 30.2 Å². The van der Waals surface area contributed by atoms with E-state index < -0.39 is 26.4 Å². The van der Waals surface area contributed by atoms with Crippen LogP contribution in [0, 0.1) is 0 Å². The summed E-state index contributed by atoms with van der Waals surface area (Å²) >= 11 is 0. The molecule has 0 spiro atoms. The molecule has 3 N–H and O–H groups in total. The molecule has 3 heterocycles. The van der Waals surface area contributed by atoms with Crippen LogP contribution in [-0.2, 0) is 14.0 Å². The van der Waals surface area contributed by atoms with Gasteiger partial charge in [-0.25, -0.2) is 19.7 Å². The summed E-state index contributed by atoms with van der Waals surface area (Å²) in [7, 11) is -1.87. The molecule has 224 valence electrons. The third-order valence-electron chi connectivity index (χ3n) is 7.35. The van der Waals surface area contributed by atoms with Gasteiger partial charge in [-0.2, -0.15) is 13.2 Å². The van der Waals surface area contributed by atoms with Gasteiger partial charge >= 0.3 is 18.1 Å². The van der Waals surface area contributed by atoms with Crippen LogP contribution in [0.25, 0.3) is 11.2 Å². The van der Waals surface area contributed by atoms with E-state index in [9.17, 15) is 22.8 Å². The van der Waals surface area contributed by atoms with E-state index in [1.807, 2.05) is 9.88 Å². The Bertz CT molecular complexity index is 1150. The molecule has 1 saturated heterocycles. The van der Waals surface area contributed by atoms with E-state index >= 15 is 0 Å². The number of ether oxygens (including phenoxy) is 1. The second kappa shape index (κ2) is 13.3. The molecule has 0 radical (unpaired) electrons. The average molecular weight is 588 g/mol. The number of hydrogen-bond acceptors (Lipinski definition) is 7. The van der Waals surface area contributed by atoms with E-state index in [1.165, 1.54) is 6.33 Å². The molecule has 15 heteroatoms. The molecule has 3 amide bonds. The maximum absolute atomic E-state index is 12.4. The number of unbranched alkanes of at least 4 members (excludes halogenated alkanes) is 3. The number of carbonyl (C=O) groups is 2. The Morgan fingerprint density at radius 3 is 2.38 bits per heavy atom. The van der Waals surface area contributed by atoms with Crippen LogP contribution in [-0.4, -0.2) is 71.8 Å². The zero-order valence-corrected chi connectivity index (χ0v) is 24.7. The molecule has 0 bridgehead atoms. The summed E-state index contributed by atoms with van der Waals surface area (Å²) in [5.41, 5.74) is 1.00. The normalized spacial score (nSPS) is 18.2. The highest BCUT2D eigenvalue weighted by Crippen LogP contribution is 2.38. The van der Waals surface area contributed by atoms with Crippen molar-refractivity contribution in [3.8, 4) is 0 Å². The van der Waals surface area contributed by atoms with Crippen molar-refractivity contribution in [1.29, 1.82) is 0 Å². The molecule has 2 aromatic heterocycles. The summed E-state index contributed by atoms with van der Waals surface area (Å²) in [5.74, 6) is -1.65. The molecule has 2 aromatic rings. The summed E-state index contributed by atoms with van der Waals surface area (Å²) < 4.78 is 50.9. The van der Waals surface area contributed by atoms with Gasteiger partial charge < -0.3 is 19.8 Å². The number of anilines is 1. The second-order valence-corrected chi connectivity index (χ2v) is 16.3. The summed E-state index contributed by atoms with van der Waals surface area (Å²) in [6, 6.07) is -0.452. The number of urea groups is 1. The molecular weight excluding hydrogens is 547 g/mol. The van der Waals surface area contributed by atoms with Gasteiger partial charge in [0.1, 0.15) is 12.6 Å². The van der Waals surface area contributed by atoms with Crippen molar-refractivity contribution >= 4 is 37.2 Å². The number of nitrogens with one attached hydrogen (secondary N) is 3. The van der Waals surface area contributed by atoms with Gasteiger partial charge in [-0.05, 0) is 43.8 Å². The van der Waals surface area contributed by atoms with Crippen molar-refractivity contribution in [3.05, 3.63) is 12.7 Å². The van der Waals surface area contributed by atoms with Gasteiger partial charge in [0.05, 0.1) is 19.0 Å². The fourth-order valence-corrected chi connectivity index (χ4v) is 4.98. The Kier molecular flexibility index (Phi) is 10.5. The van der Waals surface area contributed by atoms with Gasteiger partial charge in [-0.15, -0.1) is 0 Å². The summed E-state index contributed by atoms with van der Waals surface area (Å²) in [6.07, 6.45) is 1.90. The van der Waals surface area contributed by atoms with Gasteiger partial charge in [0, 0.05) is 13.1 Å². The first-order valence-corrected chi connectivity index (χ1v) is 16.5. The molecule has 0 saturated carbocycles.